The summed E-state index contributed by atoms with van der Waals surface area (Å²) in [5.74, 6) is -2.28. The minimum absolute atomic E-state index is 0.0509. The monoisotopic (exact) mass is 373 g/mol. The summed E-state index contributed by atoms with van der Waals surface area (Å²) < 4.78 is 0. The second-order valence-electron chi connectivity index (χ2n) is 6.21. The van der Waals surface area contributed by atoms with Gasteiger partial charge in [-0.1, -0.05) is 30.3 Å². The Bertz CT molecular complexity index is 763. The number of carboxylic acid groups (broad SMARTS) is 1. The number of nitrogens with one attached hydrogen (secondary N) is 3. The number of carbonyl (C=O) groups excluding carboxylic acids is 2. The van der Waals surface area contributed by atoms with Crippen molar-refractivity contribution in [3.63, 3.8) is 0 Å². The predicted molar refractivity (Wildman–Crippen MR) is 97.6 cm³/mol. The summed E-state index contributed by atoms with van der Waals surface area (Å²) in [5, 5.41) is 14.2. The van der Waals surface area contributed by atoms with E-state index in [-0.39, 0.29) is 6.42 Å². The number of rotatable bonds is 9. The second kappa shape index (κ2) is 9.48. The largest absolute Gasteiger partial charge is 0.480 e. The van der Waals surface area contributed by atoms with Gasteiger partial charge < -0.3 is 26.5 Å². The summed E-state index contributed by atoms with van der Waals surface area (Å²) in [6.07, 6.45) is 3.29. The molecular formula is C18H23N5O4. The van der Waals surface area contributed by atoms with Gasteiger partial charge in [0.05, 0.1) is 12.4 Å². The standard InChI is InChI=1S/C18H23N5O4/c1-11(22-17(25)14(19)7-12-5-3-2-4-6-12)16(24)23-15(18(26)27)8-13-9-20-10-21-13/h2-6,9-11,14-15H,7-8,19H2,1H3,(H,20,21)(H,22,25)(H,23,24)(H,26,27)/t11-,14-,15-/m0/s1. The van der Waals surface area contributed by atoms with Crippen LogP contribution in [-0.2, 0) is 27.2 Å². The van der Waals surface area contributed by atoms with Gasteiger partial charge >= 0.3 is 5.97 Å². The van der Waals surface area contributed by atoms with Crippen LogP contribution < -0.4 is 16.4 Å². The third-order valence-electron chi connectivity index (χ3n) is 3.98. The summed E-state index contributed by atoms with van der Waals surface area (Å²) in [4.78, 5) is 42.4. The van der Waals surface area contributed by atoms with E-state index in [1.807, 2.05) is 30.3 Å². The lowest BCUT2D eigenvalue weighted by molar-refractivity contribution is -0.142. The fourth-order valence-corrected chi connectivity index (χ4v) is 2.46. The van der Waals surface area contributed by atoms with Gasteiger partial charge in [-0.2, -0.15) is 0 Å². The zero-order valence-electron chi connectivity index (χ0n) is 14.9. The lowest BCUT2D eigenvalue weighted by Gasteiger charge is -2.20. The number of carboxylic acids is 1. The number of aliphatic carboxylic acids is 1. The molecule has 1 aromatic heterocycles. The van der Waals surface area contributed by atoms with Gasteiger partial charge in [-0.15, -0.1) is 0 Å². The fraction of sp³-hybridized carbons (Fsp3) is 0.333. The second-order valence-corrected chi connectivity index (χ2v) is 6.21. The topological polar surface area (TPSA) is 150 Å². The first-order chi connectivity index (χ1) is 12.9. The van der Waals surface area contributed by atoms with Crippen molar-refractivity contribution in [2.45, 2.75) is 37.9 Å². The molecule has 2 aromatic rings. The van der Waals surface area contributed by atoms with Crippen LogP contribution in [0.1, 0.15) is 18.2 Å². The van der Waals surface area contributed by atoms with Crippen LogP contribution in [0.15, 0.2) is 42.9 Å². The molecule has 2 rings (SSSR count). The zero-order valence-corrected chi connectivity index (χ0v) is 14.9. The summed E-state index contributed by atoms with van der Waals surface area (Å²) in [5.41, 5.74) is 7.37. The maximum atomic E-state index is 12.2. The van der Waals surface area contributed by atoms with Crippen LogP contribution in [0.2, 0.25) is 0 Å². The van der Waals surface area contributed by atoms with Crippen LogP contribution in [-0.4, -0.2) is 51.0 Å². The molecule has 2 amide bonds. The predicted octanol–water partition coefficient (Wildman–Crippen LogP) is -0.404. The molecule has 0 fully saturated rings. The Morgan fingerprint density at radius 1 is 1.15 bits per heavy atom. The van der Waals surface area contributed by atoms with Gasteiger partial charge in [0.25, 0.3) is 0 Å². The van der Waals surface area contributed by atoms with Crippen LogP contribution in [0, 0.1) is 0 Å². The molecule has 0 saturated carbocycles. The van der Waals surface area contributed by atoms with Crippen LogP contribution in [0.25, 0.3) is 0 Å². The lowest BCUT2D eigenvalue weighted by atomic mass is 10.1. The maximum absolute atomic E-state index is 12.2. The van der Waals surface area contributed by atoms with Crippen LogP contribution >= 0.6 is 0 Å². The van der Waals surface area contributed by atoms with Gasteiger partial charge in [-0.25, -0.2) is 9.78 Å². The van der Waals surface area contributed by atoms with Crippen molar-refractivity contribution in [3.8, 4) is 0 Å². The molecule has 9 nitrogen and oxygen atoms in total. The van der Waals surface area contributed by atoms with Crippen molar-refractivity contribution >= 4 is 17.8 Å². The summed E-state index contributed by atoms with van der Waals surface area (Å²) in [6.45, 7) is 1.47. The van der Waals surface area contributed by atoms with Crippen molar-refractivity contribution in [1.29, 1.82) is 0 Å². The Morgan fingerprint density at radius 2 is 1.85 bits per heavy atom. The van der Waals surface area contributed by atoms with E-state index in [2.05, 4.69) is 20.6 Å². The van der Waals surface area contributed by atoms with E-state index in [1.54, 1.807) is 0 Å². The minimum Gasteiger partial charge on any atom is -0.480 e. The number of carbonyl (C=O) groups is 3. The highest BCUT2D eigenvalue weighted by molar-refractivity contribution is 5.91. The highest BCUT2D eigenvalue weighted by Gasteiger charge is 2.25. The van der Waals surface area contributed by atoms with E-state index < -0.39 is 35.9 Å². The average molecular weight is 373 g/mol. The molecule has 0 aliphatic carbocycles. The first kappa shape index (κ1) is 20.1. The number of amides is 2. The first-order valence-corrected chi connectivity index (χ1v) is 8.47. The highest BCUT2D eigenvalue weighted by atomic mass is 16.4. The van der Waals surface area contributed by atoms with E-state index in [9.17, 15) is 19.5 Å². The van der Waals surface area contributed by atoms with Crippen molar-refractivity contribution in [3.05, 3.63) is 54.1 Å². The third kappa shape index (κ3) is 6.23. The molecule has 0 spiro atoms. The number of imidazole rings is 1. The normalized spacial score (nSPS) is 14.0. The molecule has 144 valence electrons. The molecule has 1 heterocycles. The molecule has 0 saturated heterocycles. The summed E-state index contributed by atoms with van der Waals surface area (Å²) in [7, 11) is 0. The van der Waals surface area contributed by atoms with E-state index in [4.69, 9.17) is 5.73 Å². The van der Waals surface area contributed by atoms with Crippen molar-refractivity contribution in [2.24, 2.45) is 5.73 Å². The molecule has 1 aromatic carbocycles. The lowest BCUT2D eigenvalue weighted by Crippen LogP contribution is -2.54. The highest BCUT2D eigenvalue weighted by Crippen LogP contribution is 2.03. The van der Waals surface area contributed by atoms with Gasteiger partial charge in [-0.3, -0.25) is 9.59 Å². The van der Waals surface area contributed by atoms with Crippen LogP contribution in [0.3, 0.4) is 0 Å². The van der Waals surface area contributed by atoms with Gasteiger partial charge in [0.15, 0.2) is 0 Å². The number of aromatic amines is 1. The van der Waals surface area contributed by atoms with E-state index >= 15 is 0 Å². The maximum Gasteiger partial charge on any atom is 0.326 e. The molecule has 3 atom stereocenters. The minimum atomic E-state index is -1.18. The number of hydrogen-bond acceptors (Lipinski definition) is 5. The number of hydrogen-bond donors (Lipinski definition) is 5. The van der Waals surface area contributed by atoms with Gasteiger partial charge in [0, 0.05) is 18.3 Å². The van der Waals surface area contributed by atoms with Crippen LogP contribution in [0.4, 0.5) is 0 Å². The molecule has 0 bridgehead atoms. The van der Waals surface area contributed by atoms with E-state index in [0.717, 1.165) is 5.56 Å². The Balaban J connectivity index is 1.87. The average Bonchev–Trinajstić information content (AvgIpc) is 3.14. The number of nitrogens with zero attached hydrogens (tertiary/aromatic N) is 1. The van der Waals surface area contributed by atoms with Crippen molar-refractivity contribution in [2.75, 3.05) is 0 Å². The molecule has 0 aliphatic rings. The molecule has 0 unspecified atom stereocenters. The molecule has 9 heteroatoms. The molecular weight excluding hydrogens is 350 g/mol. The molecule has 0 radical (unpaired) electrons. The van der Waals surface area contributed by atoms with Crippen LogP contribution in [0.5, 0.6) is 0 Å². The molecule has 6 N–H and O–H groups in total. The first-order valence-electron chi connectivity index (χ1n) is 8.47. The Kier molecular flexibility index (Phi) is 7.07. The number of nitrogens with two attached hydrogens (primary N) is 1. The Hall–Kier alpha value is -3.20. The van der Waals surface area contributed by atoms with Crippen molar-refractivity contribution in [1.82, 2.24) is 20.6 Å². The summed E-state index contributed by atoms with van der Waals surface area (Å²) >= 11 is 0. The van der Waals surface area contributed by atoms with Crippen molar-refractivity contribution < 1.29 is 19.5 Å². The van der Waals surface area contributed by atoms with Gasteiger partial charge in [0.1, 0.15) is 12.1 Å². The van der Waals surface area contributed by atoms with E-state index in [1.165, 1.54) is 19.4 Å². The number of benzene rings is 1. The van der Waals surface area contributed by atoms with Gasteiger partial charge in [-0.05, 0) is 18.9 Å². The quantitative estimate of drug-likeness (QED) is 0.403. The smallest absolute Gasteiger partial charge is 0.326 e. The Labute approximate surface area is 156 Å². The SMILES string of the molecule is C[C@H](NC(=O)[C@@H](N)Cc1ccccc1)C(=O)N[C@@H](Cc1cnc[nH]1)C(=O)O. The number of H-pyrrole nitrogens is 1. The zero-order chi connectivity index (χ0) is 19.8. The summed E-state index contributed by atoms with van der Waals surface area (Å²) in [6, 6.07) is 6.39. The van der Waals surface area contributed by atoms with Gasteiger partial charge in [0.2, 0.25) is 11.8 Å². The fourth-order valence-electron chi connectivity index (χ4n) is 2.46. The molecule has 0 aliphatic heterocycles. The Morgan fingerprint density at radius 3 is 2.44 bits per heavy atom. The molecule has 27 heavy (non-hydrogen) atoms. The number of aromatic nitrogens is 2. The van der Waals surface area contributed by atoms with E-state index in [0.29, 0.717) is 12.1 Å². The third-order valence-corrected chi connectivity index (χ3v) is 3.98.